The monoisotopic (exact) mass is 453 g/mol. The van der Waals surface area contributed by atoms with E-state index in [1.54, 1.807) is 0 Å². The third kappa shape index (κ3) is 4.84. The molecule has 1 aliphatic rings. The number of rotatable bonds is 8. The number of hydrogen-bond donors (Lipinski definition) is 0. The van der Waals surface area contributed by atoms with Crippen LogP contribution in [0.2, 0.25) is 0 Å². The van der Waals surface area contributed by atoms with E-state index < -0.39 is 0 Å². The van der Waals surface area contributed by atoms with Crippen LogP contribution in [0.25, 0.3) is 11.0 Å². The van der Waals surface area contributed by atoms with Gasteiger partial charge in [0.25, 0.3) is 0 Å². The van der Waals surface area contributed by atoms with Crippen LogP contribution in [-0.4, -0.2) is 33.5 Å². The molecule has 0 radical (unpaired) electrons. The third-order valence-electron chi connectivity index (χ3n) is 6.47. The van der Waals surface area contributed by atoms with Gasteiger partial charge in [0.05, 0.1) is 17.6 Å². The number of aryl methyl sites for hydroxylation is 3. The van der Waals surface area contributed by atoms with Crippen molar-refractivity contribution in [1.82, 2.24) is 14.5 Å². The van der Waals surface area contributed by atoms with Crippen LogP contribution in [0.1, 0.15) is 41.3 Å². The van der Waals surface area contributed by atoms with Crippen LogP contribution >= 0.6 is 0 Å². The standard InChI is InChI=1S/C29H31N3O2/c1-21-15-22(2)17-25(16-21)34-14-8-13-32-27-12-7-6-11-26(27)30-29(32)24-18-28(33)31(20-24)19-23-9-4-3-5-10-23/h3-7,9-12,15-17,24H,8,13-14,18-20H2,1-2H3. The Morgan fingerprint density at radius 3 is 2.50 bits per heavy atom. The second-order valence-corrected chi connectivity index (χ2v) is 9.30. The number of carbonyl (C=O) groups excluding carboxylic acids is 1. The largest absolute Gasteiger partial charge is 0.494 e. The van der Waals surface area contributed by atoms with E-state index in [2.05, 4.69) is 66.9 Å². The van der Waals surface area contributed by atoms with Gasteiger partial charge >= 0.3 is 0 Å². The number of hydrogen-bond acceptors (Lipinski definition) is 3. The van der Waals surface area contributed by atoms with Gasteiger partial charge in [-0.3, -0.25) is 4.79 Å². The molecule has 1 atom stereocenters. The van der Waals surface area contributed by atoms with E-state index in [4.69, 9.17) is 9.72 Å². The molecule has 1 unspecified atom stereocenters. The van der Waals surface area contributed by atoms with E-state index >= 15 is 0 Å². The van der Waals surface area contributed by atoms with Gasteiger partial charge in [0.15, 0.2) is 0 Å². The first-order valence-electron chi connectivity index (χ1n) is 12.0. The molecule has 1 fully saturated rings. The molecule has 3 aromatic carbocycles. The van der Waals surface area contributed by atoms with Gasteiger partial charge in [-0.05, 0) is 61.2 Å². The van der Waals surface area contributed by atoms with Gasteiger partial charge in [0.1, 0.15) is 11.6 Å². The summed E-state index contributed by atoms with van der Waals surface area (Å²) >= 11 is 0. The predicted molar refractivity (Wildman–Crippen MR) is 135 cm³/mol. The highest BCUT2D eigenvalue weighted by atomic mass is 16.5. The molecule has 5 nitrogen and oxygen atoms in total. The zero-order valence-electron chi connectivity index (χ0n) is 19.9. The minimum absolute atomic E-state index is 0.101. The molecule has 0 spiro atoms. The number of aromatic nitrogens is 2. The fourth-order valence-electron chi connectivity index (χ4n) is 4.97. The Labute approximate surface area is 201 Å². The van der Waals surface area contributed by atoms with Crippen molar-refractivity contribution >= 4 is 16.9 Å². The van der Waals surface area contributed by atoms with E-state index in [1.807, 2.05) is 29.2 Å². The van der Waals surface area contributed by atoms with Crippen molar-refractivity contribution in [1.29, 1.82) is 0 Å². The molecule has 0 saturated carbocycles. The quantitative estimate of drug-likeness (QED) is 0.325. The minimum Gasteiger partial charge on any atom is -0.494 e. The summed E-state index contributed by atoms with van der Waals surface area (Å²) in [4.78, 5) is 19.8. The van der Waals surface area contributed by atoms with Crippen molar-refractivity contribution < 1.29 is 9.53 Å². The highest BCUT2D eigenvalue weighted by Gasteiger charge is 2.33. The lowest BCUT2D eigenvalue weighted by Gasteiger charge is -2.17. The molecule has 0 N–H and O–H groups in total. The van der Waals surface area contributed by atoms with Crippen molar-refractivity contribution in [3.63, 3.8) is 0 Å². The molecule has 0 aliphatic carbocycles. The lowest BCUT2D eigenvalue weighted by molar-refractivity contribution is -0.128. The fraction of sp³-hybridized carbons (Fsp3) is 0.310. The van der Waals surface area contributed by atoms with Gasteiger partial charge in [-0.15, -0.1) is 0 Å². The summed E-state index contributed by atoms with van der Waals surface area (Å²) in [6.07, 6.45) is 1.38. The maximum atomic E-state index is 12.8. The Morgan fingerprint density at radius 2 is 1.71 bits per heavy atom. The third-order valence-corrected chi connectivity index (χ3v) is 6.47. The Kier molecular flexibility index (Phi) is 6.35. The van der Waals surface area contributed by atoms with Crippen LogP contribution in [0.4, 0.5) is 0 Å². The molecule has 34 heavy (non-hydrogen) atoms. The maximum Gasteiger partial charge on any atom is 0.223 e. The fourth-order valence-corrected chi connectivity index (χ4v) is 4.97. The number of amides is 1. The number of nitrogens with zero attached hydrogens (tertiary/aromatic N) is 3. The topological polar surface area (TPSA) is 47.4 Å². The lowest BCUT2D eigenvalue weighted by atomic mass is 10.1. The van der Waals surface area contributed by atoms with Crippen LogP contribution in [0, 0.1) is 13.8 Å². The number of carbonyl (C=O) groups is 1. The summed E-state index contributed by atoms with van der Waals surface area (Å²) in [6.45, 7) is 6.99. The Morgan fingerprint density at radius 1 is 0.971 bits per heavy atom. The molecule has 0 bridgehead atoms. The number of imidazole rings is 1. The summed E-state index contributed by atoms with van der Waals surface area (Å²) < 4.78 is 8.34. The van der Waals surface area contributed by atoms with Gasteiger partial charge in [-0.2, -0.15) is 0 Å². The first-order valence-corrected chi connectivity index (χ1v) is 12.0. The van der Waals surface area contributed by atoms with E-state index in [9.17, 15) is 4.79 Å². The Bertz CT molecular complexity index is 1280. The van der Waals surface area contributed by atoms with Crippen molar-refractivity contribution in [2.75, 3.05) is 13.2 Å². The van der Waals surface area contributed by atoms with E-state index in [0.717, 1.165) is 41.1 Å². The van der Waals surface area contributed by atoms with Gasteiger partial charge < -0.3 is 14.2 Å². The number of benzene rings is 3. The number of ether oxygens (including phenoxy) is 1. The number of likely N-dealkylation sites (tertiary alicyclic amines) is 1. The molecular weight excluding hydrogens is 422 g/mol. The molecule has 1 amide bonds. The van der Waals surface area contributed by atoms with Crippen LogP contribution in [0.15, 0.2) is 72.8 Å². The lowest BCUT2D eigenvalue weighted by Crippen LogP contribution is -2.24. The van der Waals surface area contributed by atoms with Gasteiger partial charge in [-0.1, -0.05) is 48.5 Å². The molecule has 4 aromatic rings. The molecule has 174 valence electrons. The minimum atomic E-state index is 0.101. The normalized spacial score (nSPS) is 15.9. The SMILES string of the molecule is Cc1cc(C)cc(OCCCn2c(C3CC(=O)N(Cc4ccccc4)C3)nc3ccccc32)c1. The Balaban J connectivity index is 1.30. The van der Waals surface area contributed by atoms with Gasteiger partial charge in [0, 0.05) is 32.0 Å². The van der Waals surface area contributed by atoms with E-state index in [1.165, 1.54) is 11.1 Å². The van der Waals surface area contributed by atoms with Crippen molar-refractivity contribution in [3.05, 3.63) is 95.3 Å². The Hall–Kier alpha value is -3.60. The maximum absolute atomic E-state index is 12.8. The summed E-state index contributed by atoms with van der Waals surface area (Å²) in [5, 5.41) is 0. The van der Waals surface area contributed by atoms with Crippen LogP contribution in [-0.2, 0) is 17.9 Å². The van der Waals surface area contributed by atoms with Crippen LogP contribution < -0.4 is 4.74 Å². The first kappa shape index (κ1) is 22.2. The first-order chi connectivity index (χ1) is 16.6. The molecule has 1 saturated heterocycles. The highest BCUT2D eigenvalue weighted by Crippen LogP contribution is 2.31. The van der Waals surface area contributed by atoms with E-state index in [0.29, 0.717) is 26.1 Å². The van der Waals surface area contributed by atoms with Gasteiger partial charge in [0.2, 0.25) is 5.91 Å². The average Bonchev–Trinajstić information content (AvgIpc) is 3.37. The smallest absolute Gasteiger partial charge is 0.223 e. The summed E-state index contributed by atoms with van der Waals surface area (Å²) in [5.74, 6) is 2.23. The van der Waals surface area contributed by atoms with Crippen molar-refractivity contribution in [2.45, 2.75) is 45.7 Å². The zero-order valence-corrected chi connectivity index (χ0v) is 19.9. The summed E-state index contributed by atoms with van der Waals surface area (Å²) in [5.41, 5.74) is 5.70. The van der Waals surface area contributed by atoms with Crippen molar-refractivity contribution in [3.8, 4) is 5.75 Å². The second kappa shape index (κ2) is 9.72. The van der Waals surface area contributed by atoms with Crippen molar-refractivity contribution in [2.24, 2.45) is 0 Å². The summed E-state index contributed by atoms with van der Waals surface area (Å²) in [6, 6.07) is 24.8. The summed E-state index contributed by atoms with van der Waals surface area (Å²) in [7, 11) is 0. The number of para-hydroxylation sites is 2. The molecule has 5 rings (SSSR count). The molecule has 5 heteroatoms. The van der Waals surface area contributed by atoms with Crippen LogP contribution in [0.5, 0.6) is 5.75 Å². The molecule has 1 aromatic heterocycles. The number of fused-ring (bicyclic) bond motifs is 1. The molecule has 1 aliphatic heterocycles. The van der Waals surface area contributed by atoms with E-state index in [-0.39, 0.29) is 11.8 Å². The highest BCUT2D eigenvalue weighted by molar-refractivity contribution is 5.81. The second-order valence-electron chi connectivity index (χ2n) is 9.30. The van der Waals surface area contributed by atoms with Gasteiger partial charge in [-0.25, -0.2) is 4.98 Å². The zero-order chi connectivity index (χ0) is 23.5. The molecule has 2 heterocycles. The average molecular weight is 454 g/mol. The molecular formula is C29H31N3O2. The predicted octanol–water partition coefficient (Wildman–Crippen LogP) is 5.64. The van der Waals surface area contributed by atoms with Crippen LogP contribution in [0.3, 0.4) is 0 Å².